The summed E-state index contributed by atoms with van der Waals surface area (Å²) in [5, 5.41) is 10.8. The monoisotopic (exact) mass is 345 g/mol. The largest absolute Gasteiger partial charge is 0.388 e. The second-order valence-corrected chi connectivity index (χ2v) is 6.80. The summed E-state index contributed by atoms with van der Waals surface area (Å²) in [7, 11) is 0. The van der Waals surface area contributed by atoms with Crippen LogP contribution in [-0.4, -0.2) is 44.2 Å². The zero-order chi connectivity index (χ0) is 17.9. The van der Waals surface area contributed by atoms with Gasteiger partial charge in [-0.25, -0.2) is 9.37 Å². The van der Waals surface area contributed by atoms with Crippen molar-refractivity contribution in [3.05, 3.63) is 53.9 Å². The molecule has 3 rings (SSSR count). The molecule has 0 aliphatic carbocycles. The van der Waals surface area contributed by atoms with Crippen LogP contribution >= 0.6 is 0 Å². The van der Waals surface area contributed by atoms with Gasteiger partial charge in [-0.1, -0.05) is 18.2 Å². The van der Waals surface area contributed by atoms with Crippen molar-refractivity contribution in [2.45, 2.75) is 44.8 Å². The number of hydrogen-bond donors (Lipinski definition) is 1. The van der Waals surface area contributed by atoms with E-state index in [0.29, 0.717) is 50.9 Å². The van der Waals surface area contributed by atoms with Crippen LogP contribution in [0.15, 0.2) is 36.7 Å². The maximum atomic E-state index is 13.6. The Kier molecular flexibility index (Phi) is 5.18. The average Bonchev–Trinajstić information content (AvgIpc) is 2.99. The summed E-state index contributed by atoms with van der Waals surface area (Å²) in [5.74, 6) is 0.625. The Morgan fingerprint density at radius 2 is 2.04 bits per heavy atom. The number of aromatic nitrogens is 2. The smallest absolute Gasteiger partial charge is 0.222 e. The summed E-state index contributed by atoms with van der Waals surface area (Å²) in [6, 6.07) is 6.56. The molecule has 1 aliphatic heterocycles. The van der Waals surface area contributed by atoms with Crippen LogP contribution in [0, 0.1) is 12.7 Å². The van der Waals surface area contributed by atoms with Gasteiger partial charge in [-0.15, -0.1) is 0 Å². The summed E-state index contributed by atoms with van der Waals surface area (Å²) in [5.41, 5.74) is -0.242. The topological polar surface area (TPSA) is 58.4 Å². The van der Waals surface area contributed by atoms with Gasteiger partial charge in [0, 0.05) is 31.9 Å². The summed E-state index contributed by atoms with van der Waals surface area (Å²) in [4.78, 5) is 18.3. The van der Waals surface area contributed by atoms with E-state index >= 15 is 0 Å². The van der Waals surface area contributed by atoms with Crippen molar-refractivity contribution < 1.29 is 14.3 Å². The number of carbonyl (C=O) groups excluding carboxylic acids is 1. The van der Waals surface area contributed by atoms with Crippen molar-refractivity contribution in [3.63, 3.8) is 0 Å². The molecule has 2 heterocycles. The predicted octanol–water partition coefficient (Wildman–Crippen LogP) is 2.32. The fraction of sp³-hybridized carbons (Fsp3) is 0.474. The van der Waals surface area contributed by atoms with Crippen molar-refractivity contribution in [1.82, 2.24) is 14.5 Å². The van der Waals surface area contributed by atoms with Crippen LogP contribution in [0.3, 0.4) is 0 Å². The Morgan fingerprint density at radius 3 is 2.68 bits per heavy atom. The molecule has 0 radical (unpaired) electrons. The van der Waals surface area contributed by atoms with Crippen LogP contribution < -0.4 is 0 Å². The number of aliphatic hydroxyl groups is 1. The van der Waals surface area contributed by atoms with Gasteiger partial charge in [-0.05, 0) is 37.8 Å². The third kappa shape index (κ3) is 4.25. The Balaban J connectivity index is 1.50. The summed E-state index contributed by atoms with van der Waals surface area (Å²) >= 11 is 0. The number of hydrogen-bond acceptors (Lipinski definition) is 3. The molecule has 1 N–H and O–H groups in total. The van der Waals surface area contributed by atoms with Gasteiger partial charge in [0.15, 0.2) is 0 Å². The number of halogens is 1. The summed E-state index contributed by atoms with van der Waals surface area (Å²) in [6.45, 7) is 3.46. The van der Waals surface area contributed by atoms with Gasteiger partial charge in [0.25, 0.3) is 0 Å². The Bertz CT molecular complexity index is 736. The van der Waals surface area contributed by atoms with E-state index in [-0.39, 0.29) is 11.7 Å². The molecule has 0 atom stereocenters. The first-order chi connectivity index (χ1) is 12.0. The van der Waals surface area contributed by atoms with Crippen molar-refractivity contribution in [3.8, 4) is 0 Å². The second-order valence-electron chi connectivity index (χ2n) is 6.80. The third-order valence-electron chi connectivity index (χ3n) is 5.00. The van der Waals surface area contributed by atoms with Crippen molar-refractivity contribution in [1.29, 1.82) is 0 Å². The third-order valence-corrected chi connectivity index (χ3v) is 5.00. The average molecular weight is 345 g/mol. The molecule has 1 aromatic heterocycles. The number of imidazole rings is 1. The fourth-order valence-corrected chi connectivity index (χ4v) is 3.32. The number of rotatable bonds is 5. The van der Waals surface area contributed by atoms with Crippen LogP contribution in [0.1, 0.15) is 30.7 Å². The van der Waals surface area contributed by atoms with E-state index in [1.54, 1.807) is 29.3 Å². The molecule has 25 heavy (non-hydrogen) atoms. The lowest BCUT2D eigenvalue weighted by Gasteiger charge is -2.38. The summed E-state index contributed by atoms with van der Waals surface area (Å²) in [6.07, 6.45) is 5.35. The van der Waals surface area contributed by atoms with Gasteiger partial charge in [-0.3, -0.25) is 4.79 Å². The number of aryl methyl sites for hydroxylation is 2. The number of benzene rings is 1. The van der Waals surface area contributed by atoms with E-state index in [0.717, 1.165) is 5.82 Å². The molecule has 5 nitrogen and oxygen atoms in total. The van der Waals surface area contributed by atoms with E-state index in [9.17, 15) is 14.3 Å². The molecule has 2 aromatic rings. The minimum Gasteiger partial charge on any atom is -0.388 e. The Morgan fingerprint density at radius 1 is 1.32 bits per heavy atom. The predicted molar refractivity (Wildman–Crippen MR) is 92.4 cm³/mol. The normalized spacial score (nSPS) is 16.8. The van der Waals surface area contributed by atoms with E-state index in [1.807, 2.05) is 17.7 Å². The van der Waals surface area contributed by atoms with Gasteiger partial charge in [0.1, 0.15) is 11.6 Å². The number of piperidine rings is 1. The lowest BCUT2D eigenvalue weighted by Crippen LogP contribution is -2.48. The van der Waals surface area contributed by atoms with Crippen molar-refractivity contribution in [2.75, 3.05) is 13.1 Å². The van der Waals surface area contributed by atoms with E-state index in [1.165, 1.54) is 6.07 Å². The quantitative estimate of drug-likeness (QED) is 0.905. The number of amides is 1. The SMILES string of the molecule is Cc1nccn1CC1(O)CCN(C(=O)CCc2ccccc2F)CC1. The molecule has 0 unspecified atom stereocenters. The highest BCUT2D eigenvalue weighted by atomic mass is 19.1. The highest BCUT2D eigenvalue weighted by Gasteiger charge is 2.34. The van der Waals surface area contributed by atoms with E-state index < -0.39 is 5.60 Å². The van der Waals surface area contributed by atoms with Crippen molar-refractivity contribution in [2.24, 2.45) is 0 Å². The lowest BCUT2D eigenvalue weighted by molar-refractivity contribution is -0.135. The van der Waals surface area contributed by atoms with E-state index in [2.05, 4.69) is 4.98 Å². The molecule has 1 saturated heterocycles. The standard InChI is InChI=1S/C19H24FN3O2/c1-15-21-10-13-23(15)14-19(25)8-11-22(12-9-19)18(24)7-6-16-4-2-3-5-17(16)20/h2-5,10,13,25H,6-9,11-12,14H2,1H3. The first-order valence-electron chi connectivity index (χ1n) is 8.68. The highest BCUT2D eigenvalue weighted by Crippen LogP contribution is 2.25. The first kappa shape index (κ1) is 17.6. The molecule has 0 bridgehead atoms. The van der Waals surface area contributed by atoms with Gasteiger partial charge in [0.2, 0.25) is 5.91 Å². The first-order valence-corrected chi connectivity index (χ1v) is 8.68. The number of carbonyl (C=O) groups is 1. The van der Waals surface area contributed by atoms with E-state index in [4.69, 9.17) is 0 Å². The van der Waals surface area contributed by atoms with Crippen LogP contribution in [0.25, 0.3) is 0 Å². The fourth-order valence-electron chi connectivity index (χ4n) is 3.32. The minimum atomic E-state index is -0.812. The van der Waals surface area contributed by atoms with Crippen LogP contribution in [-0.2, 0) is 17.8 Å². The Labute approximate surface area is 147 Å². The van der Waals surface area contributed by atoms with Gasteiger partial charge < -0.3 is 14.6 Å². The second kappa shape index (κ2) is 7.35. The zero-order valence-electron chi connectivity index (χ0n) is 14.5. The minimum absolute atomic E-state index is 0.0177. The zero-order valence-corrected chi connectivity index (χ0v) is 14.5. The lowest BCUT2D eigenvalue weighted by atomic mass is 9.91. The molecule has 6 heteroatoms. The van der Waals surface area contributed by atoms with Gasteiger partial charge in [0.05, 0.1) is 12.1 Å². The molecular weight excluding hydrogens is 321 g/mol. The van der Waals surface area contributed by atoms with Crippen LogP contribution in [0.5, 0.6) is 0 Å². The number of nitrogens with zero attached hydrogens (tertiary/aromatic N) is 3. The number of likely N-dealkylation sites (tertiary alicyclic amines) is 1. The molecule has 0 saturated carbocycles. The van der Waals surface area contributed by atoms with Gasteiger partial charge >= 0.3 is 0 Å². The molecule has 1 fully saturated rings. The molecular formula is C19H24FN3O2. The summed E-state index contributed by atoms with van der Waals surface area (Å²) < 4.78 is 15.6. The Hall–Kier alpha value is -2.21. The maximum Gasteiger partial charge on any atom is 0.222 e. The molecule has 1 amide bonds. The molecule has 1 aromatic carbocycles. The van der Waals surface area contributed by atoms with Crippen LogP contribution in [0.2, 0.25) is 0 Å². The highest BCUT2D eigenvalue weighted by molar-refractivity contribution is 5.76. The molecule has 1 aliphatic rings. The maximum absolute atomic E-state index is 13.6. The molecule has 134 valence electrons. The van der Waals surface area contributed by atoms with Gasteiger partial charge in [-0.2, -0.15) is 0 Å². The van der Waals surface area contributed by atoms with Crippen LogP contribution in [0.4, 0.5) is 4.39 Å². The van der Waals surface area contributed by atoms with Crippen molar-refractivity contribution >= 4 is 5.91 Å². The molecule has 0 spiro atoms.